The fourth-order valence-electron chi connectivity index (χ4n) is 4.94. The van der Waals surface area contributed by atoms with Crippen molar-refractivity contribution in [3.8, 4) is 6.01 Å². The molecule has 314 valence electrons. The molecule has 1 heterocycles. The van der Waals surface area contributed by atoms with Gasteiger partial charge in [-0.05, 0) is 65.7 Å². The summed E-state index contributed by atoms with van der Waals surface area (Å²) in [5.41, 5.74) is -1.85. The Morgan fingerprint density at radius 2 is 1.25 bits per heavy atom. The first kappa shape index (κ1) is 44.2. The minimum absolute atomic E-state index is 0.0139. The minimum atomic E-state index is -4.99. The van der Waals surface area contributed by atoms with Gasteiger partial charge in [-0.2, -0.15) is 53.7 Å². The van der Waals surface area contributed by atoms with E-state index in [-0.39, 0.29) is 33.9 Å². The molecule has 0 saturated carbocycles. The number of non-ortho nitro benzene ring substituents is 1. The van der Waals surface area contributed by atoms with Gasteiger partial charge in [-0.1, -0.05) is 18.2 Å². The van der Waals surface area contributed by atoms with Crippen LogP contribution < -0.4 is 16.0 Å². The molecule has 0 radical (unpaired) electrons. The fraction of sp³-hybridized carbons (Fsp3) is 0.0323. The molecule has 0 atom stereocenters. The average Bonchev–Trinajstić information content (AvgIpc) is 3.11. The van der Waals surface area contributed by atoms with Gasteiger partial charge in [0, 0.05) is 24.7 Å². The van der Waals surface area contributed by atoms with Gasteiger partial charge in [0.1, 0.15) is 20.4 Å². The third-order valence-electron chi connectivity index (χ3n) is 7.44. The Bertz CT molecular complexity index is 3110. The SMILES string of the molecule is CC(=O)Nc1cc(Nc2nc(O)nc(Nc3cc(S(=O)(=O)O)ccc3S(=O)(=O)O)n2)ccc1N=Nc1ccc(/C=C/c2ccc([N+](=O)[O-])cc2S(=O)(=O)O)c(S(=O)(=O)O)c1. The van der Waals surface area contributed by atoms with Crippen molar-refractivity contribution in [2.75, 3.05) is 16.0 Å². The number of carbonyl (C=O) groups is 1. The summed E-state index contributed by atoms with van der Waals surface area (Å²) in [7, 11) is -19.8. The van der Waals surface area contributed by atoms with Gasteiger partial charge in [0.2, 0.25) is 17.8 Å². The van der Waals surface area contributed by atoms with Crippen molar-refractivity contribution in [3.63, 3.8) is 0 Å². The van der Waals surface area contributed by atoms with Crippen molar-refractivity contribution >= 4 is 105 Å². The molecule has 0 fully saturated rings. The number of aromatic hydroxyl groups is 1. The molecule has 0 unspecified atom stereocenters. The van der Waals surface area contributed by atoms with E-state index < -0.39 is 100 Å². The molecular weight excluding hydrogens is 883 g/mol. The standard InChI is InChI=1S/C31H25N9O16S4/c1-16(41)32-24-12-19(33-29-35-30(37-31(42)36-29)34-25-15-22(57(45,46)47)9-11-26(25)58(48,49)50)7-10-23(24)39-38-20-6-4-17(27(13-20)59(51,52)53)2-3-18-5-8-21(40(43)44)14-28(18)60(54,55)56/h2-15H,1H3,(H,32,41)(H,45,46,47)(H,48,49,50)(H,51,52,53)(H,54,55,56)(H3,33,34,35,36,37,42)/b3-2+,39-38?. The number of benzene rings is 4. The molecule has 8 N–H and O–H groups in total. The second-order valence-corrected chi connectivity index (χ2v) is 17.3. The number of nitro benzene ring substituents is 1. The van der Waals surface area contributed by atoms with E-state index >= 15 is 0 Å². The molecule has 0 aliphatic carbocycles. The number of nitrogens with zero attached hydrogens (tertiary/aromatic N) is 6. The summed E-state index contributed by atoms with van der Waals surface area (Å²) >= 11 is 0. The molecule has 1 aromatic heterocycles. The van der Waals surface area contributed by atoms with Crippen LogP contribution in [0.3, 0.4) is 0 Å². The third kappa shape index (κ3) is 11.2. The summed E-state index contributed by atoms with van der Waals surface area (Å²) in [4.78, 5) is 30.3. The first-order chi connectivity index (χ1) is 27.8. The average molecular weight is 908 g/mol. The molecule has 0 spiro atoms. The van der Waals surface area contributed by atoms with Crippen LogP contribution in [0.2, 0.25) is 0 Å². The van der Waals surface area contributed by atoms with Crippen LogP contribution in [0.4, 0.5) is 46.0 Å². The zero-order valence-electron chi connectivity index (χ0n) is 29.6. The molecule has 25 nitrogen and oxygen atoms in total. The van der Waals surface area contributed by atoms with Crippen molar-refractivity contribution < 1.29 is 66.7 Å². The van der Waals surface area contributed by atoms with E-state index in [9.17, 15) is 71.9 Å². The second kappa shape index (κ2) is 16.8. The minimum Gasteiger partial charge on any atom is -0.479 e. The van der Waals surface area contributed by atoms with E-state index in [1.54, 1.807) is 0 Å². The van der Waals surface area contributed by atoms with E-state index in [1.807, 2.05) is 0 Å². The second-order valence-electron chi connectivity index (χ2n) is 11.7. The molecule has 0 aliphatic heterocycles. The normalized spacial score (nSPS) is 12.4. The molecule has 5 rings (SSSR count). The van der Waals surface area contributed by atoms with E-state index in [2.05, 4.69) is 41.1 Å². The van der Waals surface area contributed by atoms with E-state index in [4.69, 9.17) is 0 Å². The molecule has 0 bridgehead atoms. The Kier molecular flexibility index (Phi) is 12.4. The number of aromatic nitrogens is 3. The molecule has 5 aromatic rings. The quantitative estimate of drug-likeness (QED) is 0.0250. The van der Waals surface area contributed by atoms with Gasteiger partial charge in [-0.25, -0.2) is 0 Å². The maximum absolute atomic E-state index is 12.3. The van der Waals surface area contributed by atoms with Gasteiger partial charge in [0.25, 0.3) is 46.2 Å². The Morgan fingerprint density at radius 3 is 1.82 bits per heavy atom. The molecule has 0 aliphatic rings. The number of azo groups is 1. The lowest BCUT2D eigenvalue weighted by Gasteiger charge is -2.12. The predicted molar refractivity (Wildman–Crippen MR) is 207 cm³/mol. The smallest absolute Gasteiger partial charge is 0.320 e. The van der Waals surface area contributed by atoms with Crippen LogP contribution in [0.25, 0.3) is 12.2 Å². The molecule has 0 saturated heterocycles. The van der Waals surface area contributed by atoms with Gasteiger partial charge in [-0.3, -0.25) is 33.1 Å². The van der Waals surface area contributed by atoms with Crippen molar-refractivity contribution in [3.05, 3.63) is 94.0 Å². The molecule has 4 aromatic carbocycles. The van der Waals surface area contributed by atoms with E-state index in [0.29, 0.717) is 24.3 Å². The Balaban J connectivity index is 1.44. The zero-order chi connectivity index (χ0) is 44.4. The highest BCUT2D eigenvalue weighted by Crippen LogP contribution is 2.34. The van der Waals surface area contributed by atoms with Gasteiger partial charge >= 0.3 is 6.01 Å². The first-order valence-corrected chi connectivity index (χ1v) is 21.5. The summed E-state index contributed by atoms with van der Waals surface area (Å²) in [6.07, 6.45) is 2.07. The van der Waals surface area contributed by atoms with E-state index in [1.165, 1.54) is 24.3 Å². The number of hydrogen-bond donors (Lipinski definition) is 8. The Hall–Kier alpha value is -6.86. The molecule has 60 heavy (non-hydrogen) atoms. The lowest BCUT2D eigenvalue weighted by Crippen LogP contribution is -2.09. The zero-order valence-corrected chi connectivity index (χ0v) is 32.9. The summed E-state index contributed by atoms with van der Waals surface area (Å²) < 4.78 is 134. The van der Waals surface area contributed by atoms with Crippen LogP contribution in [0, 0.1) is 10.1 Å². The van der Waals surface area contributed by atoms with Crippen LogP contribution >= 0.6 is 0 Å². The van der Waals surface area contributed by atoms with Crippen LogP contribution in [-0.2, 0) is 45.3 Å². The number of hydrogen-bond acceptors (Lipinski definition) is 19. The lowest BCUT2D eigenvalue weighted by atomic mass is 10.1. The highest BCUT2D eigenvalue weighted by molar-refractivity contribution is 7.86. The third-order valence-corrected chi connectivity index (χ3v) is 11.0. The number of rotatable bonds is 14. The summed E-state index contributed by atoms with van der Waals surface area (Å²) in [5.74, 6) is -1.60. The largest absolute Gasteiger partial charge is 0.479 e. The summed E-state index contributed by atoms with van der Waals surface area (Å²) in [6.45, 7) is 1.15. The van der Waals surface area contributed by atoms with Gasteiger partial charge in [0.05, 0.1) is 26.9 Å². The van der Waals surface area contributed by atoms with Crippen LogP contribution in [0.1, 0.15) is 18.1 Å². The number of nitrogens with one attached hydrogen (secondary N) is 3. The van der Waals surface area contributed by atoms with E-state index in [0.717, 1.165) is 43.3 Å². The number of nitro groups is 1. The highest BCUT2D eigenvalue weighted by Gasteiger charge is 2.22. The lowest BCUT2D eigenvalue weighted by molar-refractivity contribution is -0.385. The van der Waals surface area contributed by atoms with Gasteiger partial charge in [-0.15, -0.1) is 5.11 Å². The van der Waals surface area contributed by atoms with Crippen molar-refractivity contribution in [2.45, 2.75) is 26.5 Å². The first-order valence-electron chi connectivity index (χ1n) is 15.7. The number of anilines is 5. The maximum Gasteiger partial charge on any atom is 0.320 e. The number of carbonyl (C=O) groups excluding carboxylic acids is 1. The van der Waals surface area contributed by atoms with Crippen LogP contribution in [0.5, 0.6) is 6.01 Å². The monoisotopic (exact) mass is 907 g/mol. The predicted octanol–water partition coefficient (Wildman–Crippen LogP) is 4.50. The van der Waals surface area contributed by atoms with Crippen LogP contribution in [0.15, 0.2) is 103 Å². The Morgan fingerprint density at radius 1 is 0.667 bits per heavy atom. The van der Waals surface area contributed by atoms with Crippen LogP contribution in [-0.4, -0.2) is 82.8 Å². The summed E-state index contributed by atoms with van der Waals surface area (Å²) in [6, 6.07) is 10.8. The van der Waals surface area contributed by atoms with Crippen molar-refractivity contribution in [2.24, 2.45) is 10.2 Å². The Labute approximate surface area is 337 Å². The van der Waals surface area contributed by atoms with Gasteiger partial charge in [0.15, 0.2) is 0 Å². The molecular formula is C31H25N9O16S4. The van der Waals surface area contributed by atoms with Crippen molar-refractivity contribution in [1.29, 1.82) is 0 Å². The van der Waals surface area contributed by atoms with Crippen molar-refractivity contribution in [1.82, 2.24) is 15.0 Å². The molecule has 29 heteroatoms. The highest BCUT2D eigenvalue weighted by atomic mass is 32.2. The maximum atomic E-state index is 12.3. The number of amides is 1. The fourth-order valence-corrected chi connectivity index (χ4v) is 7.49. The molecule has 1 amide bonds. The van der Waals surface area contributed by atoms with Gasteiger partial charge < -0.3 is 21.1 Å². The topological polar surface area (TPSA) is 397 Å². The summed E-state index contributed by atoms with van der Waals surface area (Å²) in [5, 5.41) is 36.7.